The minimum atomic E-state index is 0.645. The molecular formula is C12H17BrN2O2. The van der Waals surface area contributed by atoms with Gasteiger partial charge in [0, 0.05) is 26.1 Å². The number of nitrogens with two attached hydrogens (primary N) is 1. The predicted octanol–water partition coefficient (Wildman–Crippen LogP) is 1.66. The lowest BCUT2D eigenvalue weighted by Crippen LogP contribution is -2.21. The Kier molecular flexibility index (Phi) is 4.65. The van der Waals surface area contributed by atoms with Gasteiger partial charge in [-0.15, -0.1) is 0 Å². The first kappa shape index (κ1) is 12.7. The molecule has 0 saturated carbocycles. The van der Waals surface area contributed by atoms with Crippen molar-refractivity contribution in [3.8, 4) is 11.5 Å². The molecule has 1 heterocycles. The van der Waals surface area contributed by atoms with Crippen LogP contribution in [0.3, 0.4) is 0 Å². The van der Waals surface area contributed by atoms with Gasteiger partial charge in [-0.1, -0.05) is 0 Å². The minimum Gasteiger partial charge on any atom is -0.490 e. The monoisotopic (exact) mass is 300 g/mol. The summed E-state index contributed by atoms with van der Waals surface area (Å²) in [6, 6.07) is 4.08. The molecule has 0 radical (unpaired) electrons. The average Bonchev–Trinajstić information content (AvgIpc) is 2.55. The van der Waals surface area contributed by atoms with Crippen molar-refractivity contribution in [3.63, 3.8) is 0 Å². The number of ether oxygens (including phenoxy) is 2. The van der Waals surface area contributed by atoms with Crippen LogP contribution in [0, 0.1) is 0 Å². The predicted molar refractivity (Wildman–Crippen MR) is 70.5 cm³/mol. The number of nitrogens with one attached hydrogen (secondary N) is 1. The number of halogens is 1. The standard InChI is InChI=1S/C12H17BrN2O2/c13-10-6-9(8-15-3-2-14)7-11-12(10)17-5-1-4-16-11/h6-7,15H,1-5,8,14H2. The molecule has 1 aromatic carbocycles. The second-order valence-corrected chi connectivity index (χ2v) is 4.78. The molecule has 1 aliphatic heterocycles. The second kappa shape index (κ2) is 6.23. The van der Waals surface area contributed by atoms with Crippen molar-refractivity contribution in [2.45, 2.75) is 13.0 Å². The zero-order valence-electron chi connectivity index (χ0n) is 9.67. The van der Waals surface area contributed by atoms with Crippen LogP contribution in [-0.2, 0) is 6.54 Å². The molecule has 0 spiro atoms. The van der Waals surface area contributed by atoms with Gasteiger partial charge in [0.25, 0.3) is 0 Å². The SMILES string of the molecule is NCCNCc1cc(Br)c2c(c1)OCCCO2. The van der Waals surface area contributed by atoms with E-state index in [1.54, 1.807) is 0 Å². The first-order chi connectivity index (χ1) is 8.31. The van der Waals surface area contributed by atoms with Gasteiger partial charge in [-0.05, 0) is 33.6 Å². The second-order valence-electron chi connectivity index (χ2n) is 3.92. The molecule has 0 unspecified atom stereocenters. The van der Waals surface area contributed by atoms with E-state index in [-0.39, 0.29) is 0 Å². The molecule has 0 aromatic heterocycles. The summed E-state index contributed by atoms with van der Waals surface area (Å²) in [6.07, 6.45) is 0.919. The molecule has 4 nitrogen and oxygen atoms in total. The summed E-state index contributed by atoms with van der Waals surface area (Å²) in [5.74, 6) is 1.63. The Morgan fingerprint density at radius 2 is 2.12 bits per heavy atom. The smallest absolute Gasteiger partial charge is 0.175 e. The Morgan fingerprint density at radius 1 is 1.29 bits per heavy atom. The van der Waals surface area contributed by atoms with Gasteiger partial charge in [0.05, 0.1) is 17.7 Å². The largest absolute Gasteiger partial charge is 0.490 e. The van der Waals surface area contributed by atoms with Crippen molar-refractivity contribution >= 4 is 15.9 Å². The van der Waals surface area contributed by atoms with Crippen LogP contribution < -0.4 is 20.5 Å². The van der Waals surface area contributed by atoms with Gasteiger partial charge in [0.1, 0.15) is 0 Å². The first-order valence-electron chi connectivity index (χ1n) is 5.80. The van der Waals surface area contributed by atoms with E-state index < -0.39 is 0 Å². The zero-order chi connectivity index (χ0) is 12.1. The Morgan fingerprint density at radius 3 is 2.94 bits per heavy atom. The summed E-state index contributed by atoms with van der Waals surface area (Å²) in [7, 11) is 0. The highest BCUT2D eigenvalue weighted by Crippen LogP contribution is 2.38. The van der Waals surface area contributed by atoms with Crippen molar-refractivity contribution in [3.05, 3.63) is 22.2 Å². The number of benzene rings is 1. The molecule has 0 aliphatic carbocycles. The van der Waals surface area contributed by atoms with Gasteiger partial charge in [-0.25, -0.2) is 0 Å². The van der Waals surface area contributed by atoms with Crippen LogP contribution in [-0.4, -0.2) is 26.3 Å². The van der Waals surface area contributed by atoms with Gasteiger partial charge >= 0.3 is 0 Å². The highest BCUT2D eigenvalue weighted by molar-refractivity contribution is 9.10. The quantitative estimate of drug-likeness (QED) is 0.831. The van der Waals surface area contributed by atoms with Crippen LogP contribution in [0.1, 0.15) is 12.0 Å². The number of hydrogen-bond acceptors (Lipinski definition) is 4. The molecule has 17 heavy (non-hydrogen) atoms. The third kappa shape index (κ3) is 3.34. The van der Waals surface area contributed by atoms with Crippen molar-refractivity contribution in [2.24, 2.45) is 5.73 Å². The first-order valence-corrected chi connectivity index (χ1v) is 6.59. The normalized spacial score (nSPS) is 14.5. The molecule has 0 amide bonds. The molecule has 3 N–H and O–H groups in total. The van der Waals surface area contributed by atoms with Gasteiger partial charge < -0.3 is 20.5 Å². The van der Waals surface area contributed by atoms with Gasteiger partial charge in [-0.3, -0.25) is 0 Å². The zero-order valence-corrected chi connectivity index (χ0v) is 11.3. The van der Waals surface area contributed by atoms with Gasteiger partial charge in [0.15, 0.2) is 11.5 Å². The molecule has 0 fully saturated rings. The number of fused-ring (bicyclic) bond motifs is 1. The molecule has 0 bridgehead atoms. The number of rotatable bonds is 4. The topological polar surface area (TPSA) is 56.5 Å². The molecule has 94 valence electrons. The lowest BCUT2D eigenvalue weighted by Gasteiger charge is -2.12. The number of hydrogen-bond donors (Lipinski definition) is 2. The highest BCUT2D eigenvalue weighted by atomic mass is 79.9. The molecule has 0 atom stereocenters. The van der Waals surface area contributed by atoms with Crippen molar-refractivity contribution < 1.29 is 9.47 Å². The lowest BCUT2D eigenvalue weighted by atomic mass is 10.2. The molecule has 0 saturated heterocycles. The summed E-state index contributed by atoms with van der Waals surface area (Å²) in [4.78, 5) is 0. The average molecular weight is 301 g/mol. The van der Waals surface area contributed by atoms with Crippen molar-refractivity contribution in [2.75, 3.05) is 26.3 Å². The molecule has 2 rings (SSSR count). The lowest BCUT2D eigenvalue weighted by molar-refractivity contribution is 0.296. The summed E-state index contributed by atoms with van der Waals surface area (Å²) >= 11 is 3.52. The van der Waals surface area contributed by atoms with E-state index in [0.29, 0.717) is 19.8 Å². The van der Waals surface area contributed by atoms with E-state index in [4.69, 9.17) is 15.2 Å². The Labute approximate surface area is 110 Å². The third-order valence-electron chi connectivity index (χ3n) is 2.51. The summed E-state index contributed by atoms with van der Waals surface area (Å²) in [6.45, 7) is 3.65. The Hall–Kier alpha value is -0.780. The molecule has 5 heteroatoms. The maximum Gasteiger partial charge on any atom is 0.175 e. The third-order valence-corrected chi connectivity index (χ3v) is 3.10. The van der Waals surface area contributed by atoms with Crippen LogP contribution in [0.2, 0.25) is 0 Å². The fraction of sp³-hybridized carbons (Fsp3) is 0.500. The van der Waals surface area contributed by atoms with Crippen LogP contribution >= 0.6 is 15.9 Å². The van der Waals surface area contributed by atoms with Crippen LogP contribution in [0.4, 0.5) is 0 Å². The summed E-state index contributed by atoms with van der Waals surface area (Å²) < 4.78 is 12.3. The van der Waals surface area contributed by atoms with Gasteiger partial charge in [-0.2, -0.15) is 0 Å². The van der Waals surface area contributed by atoms with Crippen LogP contribution in [0.25, 0.3) is 0 Å². The van der Waals surface area contributed by atoms with Crippen molar-refractivity contribution in [1.82, 2.24) is 5.32 Å². The molecular weight excluding hydrogens is 284 g/mol. The van der Waals surface area contributed by atoms with Gasteiger partial charge in [0.2, 0.25) is 0 Å². The van der Waals surface area contributed by atoms with E-state index in [2.05, 4.69) is 27.3 Å². The van der Waals surface area contributed by atoms with E-state index in [1.165, 1.54) is 0 Å². The van der Waals surface area contributed by atoms with Crippen LogP contribution in [0.5, 0.6) is 11.5 Å². The Balaban J connectivity index is 2.14. The van der Waals surface area contributed by atoms with E-state index in [0.717, 1.165) is 41.0 Å². The maximum absolute atomic E-state index is 5.67. The van der Waals surface area contributed by atoms with E-state index in [1.807, 2.05) is 6.07 Å². The molecule has 1 aromatic rings. The van der Waals surface area contributed by atoms with Crippen LogP contribution in [0.15, 0.2) is 16.6 Å². The summed E-state index contributed by atoms with van der Waals surface area (Å²) in [5, 5.41) is 3.26. The van der Waals surface area contributed by atoms with E-state index in [9.17, 15) is 0 Å². The minimum absolute atomic E-state index is 0.645. The summed E-state index contributed by atoms with van der Waals surface area (Å²) in [5.41, 5.74) is 6.60. The fourth-order valence-electron chi connectivity index (χ4n) is 1.72. The van der Waals surface area contributed by atoms with Crippen molar-refractivity contribution in [1.29, 1.82) is 0 Å². The highest BCUT2D eigenvalue weighted by Gasteiger charge is 2.14. The fourth-order valence-corrected chi connectivity index (χ4v) is 2.32. The molecule has 1 aliphatic rings. The van der Waals surface area contributed by atoms with E-state index >= 15 is 0 Å². The maximum atomic E-state index is 5.67. The Bertz CT molecular complexity index is 385.